The van der Waals surface area contributed by atoms with Crippen molar-refractivity contribution in [3.63, 3.8) is 0 Å². The number of nitrogens with zero attached hydrogens (tertiary/aromatic N) is 2. The zero-order valence-electron chi connectivity index (χ0n) is 11.6. The van der Waals surface area contributed by atoms with Gasteiger partial charge in [0.1, 0.15) is 0 Å². The highest BCUT2D eigenvalue weighted by Gasteiger charge is 2.32. The van der Waals surface area contributed by atoms with Gasteiger partial charge >= 0.3 is 0 Å². The molecule has 5 nitrogen and oxygen atoms in total. The second kappa shape index (κ2) is 6.17. The minimum Gasteiger partial charge on any atom is -0.366 e. The molecule has 2 N–H and O–H groups in total. The lowest BCUT2D eigenvalue weighted by molar-refractivity contribution is -0.385. The number of hydrogen-bond acceptors (Lipinski definition) is 4. The maximum atomic E-state index is 14.2. The molecule has 20 heavy (non-hydrogen) atoms. The molecule has 0 heterocycles. The number of non-ortho nitro benzene ring substituents is 1. The van der Waals surface area contributed by atoms with E-state index in [-0.39, 0.29) is 11.7 Å². The van der Waals surface area contributed by atoms with E-state index in [1.165, 1.54) is 12.1 Å². The second-order valence-corrected chi connectivity index (χ2v) is 5.17. The summed E-state index contributed by atoms with van der Waals surface area (Å²) in [6.07, 6.45) is 3.15. The Labute approximate surface area is 117 Å². The van der Waals surface area contributed by atoms with Crippen LogP contribution < -0.4 is 10.6 Å². The molecule has 0 saturated heterocycles. The maximum Gasteiger partial charge on any atom is 0.272 e. The van der Waals surface area contributed by atoms with E-state index in [9.17, 15) is 14.5 Å². The highest BCUT2D eigenvalue weighted by molar-refractivity contribution is 5.53. The summed E-state index contributed by atoms with van der Waals surface area (Å²) in [4.78, 5) is 12.1. The second-order valence-electron chi connectivity index (χ2n) is 5.17. The molecule has 1 aliphatic rings. The van der Waals surface area contributed by atoms with Gasteiger partial charge in [-0.25, -0.2) is 4.39 Å². The first-order valence-electron chi connectivity index (χ1n) is 6.99. The SMILES string of the molecule is CCN(c1ccc([N+](=O)[O-])cc1F)C1CCCC1CN. The van der Waals surface area contributed by atoms with Crippen LogP contribution in [0.4, 0.5) is 15.8 Å². The van der Waals surface area contributed by atoms with Crippen LogP contribution in [0.5, 0.6) is 0 Å². The van der Waals surface area contributed by atoms with E-state index < -0.39 is 10.7 Å². The Morgan fingerprint density at radius 2 is 2.25 bits per heavy atom. The van der Waals surface area contributed by atoms with Gasteiger partial charge in [-0.2, -0.15) is 0 Å². The first kappa shape index (κ1) is 14.7. The number of anilines is 1. The monoisotopic (exact) mass is 281 g/mol. The summed E-state index contributed by atoms with van der Waals surface area (Å²) in [5.41, 5.74) is 6.00. The number of nitro benzene ring substituents is 1. The smallest absolute Gasteiger partial charge is 0.272 e. The Hall–Kier alpha value is -1.69. The molecule has 1 saturated carbocycles. The quantitative estimate of drug-likeness (QED) is 0.665. The molecule has 1 aromatic carbocycles. The van der Waals surface area contributed by atoms with Gasteiger partial charge in [-0.15, -0.1) is 0 Å². The van der Waals surface area contributed by atoms with Crippen molar-refractivity contribution in [2.75, 3.05) is 18.0 Å². The lowest BCUT2D eigenvalue weighted by Crippen LogP contribution is -2.40. The van der Waals surface area contributed by atoms with Crippen LogP contribution in [0, 0.1) is 21.8 Å². The number of nitro groups is 1. The van der Waals surface area contributed by atoms with E-state index in [1.54, 1.807) is 0 Å². The molecule has 0 radical (unpaired) electrons. The number of benzene rings is 1. The van der Waals surface area contributed by atoms with E-state index in [4.69, 9.17) is 5.73 Å². The highest BCUT2D eigenvalue weighted by Crippen LogP contribution is 2.34. The number of nitrogens with two attached hydrogens (primary N) is 1. The van der Waals surface area contributed by atoms with Crippen LogP contribution in [-0.4, -0.2) is 24.1 Å². The zero-order chi connectivity index (χ0) is 14.7. The molecule has 0 spiro atoms. The van der Waals surface area contributed by atoms with E-state index in [1.807, 2.05) is 11.8 Å². The van der Waals surface area contributed by atoms with Gasteiger partial charge in [-0.3, -0.25) is 10.1 Å². The van der Waals surface area contributed by atoms with E-state index in [2.05, 4.69) is 0 Å². The molecule has 0 amide bonds. The number of halogens is 1. The Morgan fingerprint density at radius 3 is 2.80 bits per heavy atom. The molecule has 2 unspecified atom stereocenters. The molecule has 1 aliphatic carbocycles. The average molecular weight is 281 g/mol. The molecular formula is C14H20FN3O2. The highest BCUT2D eigenvalue weighted by atomic mass is 19.1. The normalized spacial score (nSPS) is 21.9. The van der Waals surface area contributed by atoms with Crippen molar-refractivity contribution in [1.29, 1.82) is 0 Å². The van der Waals surface area contributed by atoms with Crippen molar-refractivity contribution >= 4 is 11.4 Å². The van der Waals surface area contributed by atoms with Crippen molar-refractivity contribution in [3.8, 4) is 0 Å². The first-order valence-corrected chi connectivity index (χ1v) is 6.99. The van der Waals surface area contributed by atoms with Crippen LogP contribution in [0.15, 0.2) is 18.2 Å². The molecular weight excluding hydrogens is 261 g/mol. The summed E-state index contributed by atoms with van der Waals surface area (Å²) in [7, 11) is 0. The van der Waals surface area contributed by atoms with Gasteiger partial charge in [0, 0.05) is 18.7 Å². The van der Waals surface area contributed by atoms with Crippen LogP contribution in [0.2, 0.25) is 0 Å². The molecule has 110 valence electrons. The fourth-order valence-corrected chi connectivity index (χ4v) is 3.13. The zero-order valence-corrected chi connectivity index (χ0v) is 11.6. The van der Waals surface area contributed by atoms with Gasteiger partial charge in [0.25, 0.3) is 5.69 Å². The largest absolute Gasteiger partial charge is 0.366 e. The fraction of sp³-hybridized carbons (Fsp3) is 0.571. The molecule has 2 atom stereocenters. The standard InChI is InChI=1S/C14H20FN3O2/c1-2-17(13-5-3-4-10(13)9-16)14-7-6-11(18(19)20)8-12(14)15/h6-8,10,13H,2-5,9,16H2,1H3. The molecule has 2 rings (SSSR count). The predicted octanol–water partition coefficient (Wildman–Crippen LogP) is 2.69. The van der Waals surface area contributed by atoms with E-state index in [0.29, 0.717) is 24.7 Å². The van der Waals surface area contributed by atoms with Crippen LogP contribution in [0.1, 0.15) is 26.2 Å². The summed E-state index contributed by atoms with van der Waals surface area (Å²) in [5, 5.41) is 10.7. The Kier molecular flexibility index (Phi) is 4.54. The summed E-state index contributed by atoms with van der Waals surface area (Å²) < 4.78 is 14.2. The Balaban J connectivity index is 2.30. The molecule has 0 aliphatic heterocycles. The summed E-state index contributed by atoms with van der Waals surface area (Å²) in [5.74, 6) is -0.173. The number of rotatable bonds is 5. The maximum absolute atomic E-state index is 14.2. The first-order chi connectivity index (χ1) is 9.58. The predicted molar refractivity (Wildman–Crippen MR) is 76.3 cm³/mol. The summed E-state index contributed by atoms with van der Waals surface area (Å²) in [6, 6.07) is 4.07. The van der Waals surface area contributed by atoms with Crippen molar-refractivity contribution in [2.45, 2.75) is 32.2 Å². The third-order valence-electron chi connectivity index (χ3n) is 4.11. The Morgan fingerprint density at radius 1 is 1.50 bits per heavy atom. The van der Waals surface area contributed by atoms with Crippen LogP contribution >= 0.6 is 0 Å². The van der Waals surface area contributed by atoms with E-state index >= 15 is 0 Å². The topological polar surface area (TPSA) is 72.4 Å². The molecule has 6 heteroatoms. The van der Waals surface area contributed by atoms with Crippen LogP contribution in [0.3, 0.4) is 0 Å². The van der Waals surface area contributed by atoms with Gasteiger partial charge in [0.15, 0.2) is 5.82 Å². The third kappa shape index (κ3) is 2.75. The molecule has 0 bridgehead atoms. The van der Waals surface area contributed by atoms with Crippen molar-refractivity contribution in [1.82, 2.24) is 0 Å². The van der Waals surface area contributed by atoms with Gasteiger partial charge in [0.05, 0.1) is 16.7 Å². The summed E-state index contributed by atoms with van der Waals surface area (Å²) in [6.45, 7) is 3.22. The van der Waals surface area contributed by atoms with Crippen LogP contribution in [0.25, 0.3) is 0 Å². The van der Waals surface area contributed by atoms with Crippen LogP contribution in [-0.2, 0) is 0 Å². The van der Waals surface area contributed by atoms with Gasteiger partial charge in [0.2, 0.25) is 0 Å². The molecule has 1 fully saturated rings. The van der Waals surface area contributed by atoms with Gasteiger partial charge < -0.3 is 10.6 Å². The van der Waals surface area contributed by atoms with Crippen molar-refractivity contribution in [2.24, 2.45) is 11.7 Å². The van der Waals surface area contributed by atoms with Gasteiger partial charge in [-0.1, -0.05) is 6.42 Å². The minimum absolute atomic E-state index is 0.218. The number of hydrogen-bond donors (Lipinski definition) is 1. The third-order valence-corrected chi connectivity index (χ3v) is 4.11. The lowest BCUT2D eigenvalue weighted by atomic mass is 10.0. The fourth-order valence-electron chi connectivity index (χ4n) is 3.13. The van der Waals surface area contributed by atoms with Gasteiger partial charge in [-0.05, 0) is 38.3 Å². The van der Waals surface area contributed by atoms with Crippen molar-refractivity contribution < 1.29 is 9.31 Å². The summed E-state index contributed by atoms with van der Waals surface area (Å²) >= 11 is 0. The Bertz CT molecular complexity index is 495. The van der Waals surface area contributed by atoms with Crippen molar-refractivity contribution in [3.05, 3.63) is 34.1 Å². The lowest BCUT2D eigenvalue weighted by Gasteiger charge is -2.34. The average Bonchev–Trinajstić information content (AvgIpc) is 2.89. The van der Waals surface area contributed by atoms with E-state index in [0.717, 1.165) is 25.3 Å². The molecule has 0 aromatic heterocycles. The molecule has 1 aromatic rings. The minimum atomic E-state index is -0.582.